The van der Waals surface area contributed by atoms with Crippen LogP contribution in [0.15, 0.2) is 24.3 Å². The summed E-state index contributed by atoms with van der Waals surface area (Å²) in [6.45, 7) is 4.13. The maximum absolute atomic E-state index is 12.9. The Morgan fingerprint density at radius 1 is 1.47 bits per heavy atom. The monoisotopic (exact) mass is 239 g/mol. The van der Waals surface area contributed by atoms with Crippen LogP contribution >= 0.6 is 0 Å². The minimum Gasteiger partial charge on any atom is -0.393 e. The first-order valence-corrected chi connectivity index (χ1v) is 5.71. The number of halogens is 1. The highest BCUT2D eigenvalue weighted by atomic mass is 19.1. The first kappa shape index (κ1) is 13.6. The molecule has 4 heteroatoms. The predicted molar refractivity (Wildman–Crippen MR) is 64.2 cm³/mol. The number of benzene rings is 1. The molecule has 0 aliphatic heterocycles. The standard InChI is InChI=1S/C13H18FNO2/c1-9(6-10(2)16)8-15-13(17)11-4-3-5-12(14)7-11/h3-5,7,9-10,16H,6,8H2,1-2H3,(H,15,17). The number of carbonyl (C=O) groups excluding carboxylic acids is 1. The van der Waals surface area contributed by atoms with Crippen LogP contribution in [0.25, 0.3) is 0 Å². The highest BCUT2D eigenvalue weighted by molar-refractivity contribution is 5.94. The molecule has 1 rings (SSSR count). The Morgan fingerprint density at radius 3 is 2.76 bits per heavy atom. The summed E-state index contributed by atoms with van der Waals surface area (Å²) >= 11 is 0. The van der Waals surface area contributed by atoms with Gasteiger partial charge in [-0.2, -0.15) is 0 Å². The maximum Gasteiger partial charge on any atom is 0.251 e. The Kier molecular flexibility index (Phi) is 5.10. The summed E-state index contributed by atoms with van der Waals surface area (Å²) in [5, 5.41) is 11.9. The lowest BCUT2D eigenvalue weighted by atomic mass is 10.0. The van der Waals surface area contributed by atoms with Crippen LogP contribution in [-0.2, 0) is 0 Å². The van der Waals surface area contributed by atoms with Crippen molar-refractivity contribution >= 4 is 5.91 Å². The molecule has 0 bridgehead atoms. The lowest BCUT2D eigenvalue weighted by Crippen LogP contribution is -2.29. The molecule has 0 heterocycles. The number of hydrogen-bond acceptors (Lipinski definition) is 2. The fourth-order valence-corrected chi connectivity index (χ4v) is 1.66. The molecule has 1 aromatic carbocycles. The van der Waals surface area contributed by atoms with E-state index in [1.807, 2.05) is 6.92 Å². The van der Waals surface area contributed by atoms with Crippen LogP contribution in [0.1, 0.15) is 30.6 Å². The molecule has 1 amide bonds. The molecule has 0 aromatic heterocycles. The van der Waals surface area contributed by atoms with Crippen LogP contribution in [0.3, 0.4) is 0 Å². The van der Waals surface area contributed by atoms with E-state index < -0.39 is 5.82 Å². The van der Waals surface area contributed by atoms with Crippen molar-refractivity contribution in [1.29, 1.82) is 0 Å². The largest absolute Gasteiger partial charge is 0.393 e. The Hall–Kier alpha value is -1.42. The van der Waals surface area contributed by atoms with E-state index in [9.17, 15) is 14.3 Å². The topological polar surface area (TPSA) is 49.3 Å². The summed E-state index contributed by atoms with van der Waals surface area (Å²) in [6, 6.07) is 5.57. The molecule has 94 valence electrons. The second-order valence-electron chi connectivity index (χ2n) is 4.41. The van der Waals surface area contributed by atoms with Crippen molar-refractivity contribution in [3.8, 4) is 0 Å². The average Bonchev–Trinajstić information content (AvgIpc) is 2.25. The minimum absolute atomic E-state index is 0.188. The molecule has 0 saturated carbocycles. The van der Waals surface area contributed by atoms with Gasteiger partial charge in [-0.1, -0.05) is 13.0 Å². The summed E-state index contributed by atoms with van der Waals surface area (Å²) in [7, 11) is 0. The van der Waals surface area contributed by atoms with Gasteiger partial charge in [0.2, 0.25) is 0 Å². The third-order valence-corrected chi connectivity index (χ3v) is 2.44. The first-order valence-electron chi connectivity index (χ1n) is 5.71. The van der Waals surface area contributed by atoms with Crippen LogP contribution < -0.4 is 5.32 Å². The van der Waals surface area contributed by atoms with E-state index in [0.717, 1.165) is 0 Å². The summed E-state index contributed by atoms with van der Waals surface area (Å²) in [6.07, 6.45) is 0.250. The molecular weight excluding hydrogens is 221 g/mol. The normalized spacial score (nSPS) is 14.1. The second-order valence-corrected chi connectivity index (χ2v) is 4.41. The SMILES string of the molecule is CC(O)CC(C)CNC(=O)c1cccc(F)c1. The van der Waals surface area contributed by atoms with Crippen molar-refractivity contribution in [3.63, 3.8) is 0 Å². The minimum atomic E-state index is -0.422. The van der Waals surface area contributed by atoms with Gasteiger partial charge in [-0.3, -0.25) is 4.79 Å². The van der Waals surface area contributed by atoms with Gasteiger partial charge in [-0.25, -0.2) is 4.39 Å². The van der Waals surface area contributed by atoms with E-state index in [-0.39, 0.29) is 17.9 Å². The van der Waals surface area contributed by atoms with E-state index >= 15 is 0 Å². The van der Waals surface area contributed by atoms with Gasteiger partial charge in [-0.05, 0) is 37.5 Å². The van der Waals surface area contributed by atoms with E-state index in [4.69, 9.17) is 0 Å². The Morgan fingerprint density at radius 2 is 2.18 bits per heavy atom. The third kappa shape index (κ3) is 4.95. The van der Waals surface area contributed by atoms with Crippen molar-refractivity contribution in [3.05, 3.63) is 35.6 Å². The quantitative estimate of drug-likeness (QED) is 0.825. The predicted octanol–water partition coefficient (Wildman–Crippen LogP) is 1.96. The van der Waals surface area contributed by atoms with Gasteiger partial charge >= 0.3 is 0 Å². The van der Waals surface area contributed by atoms with Gasteiger partial charge < -0.3 is 10.4 Å². The number of amides is 1. The Balaban J connectivity index is 2.45. The van der Waals surface area contributed by atoms with E-state index in [1.165, 1.54) is 18.2 Å². The van der Waals surface area contributed by atoms with Crippen LogP contribution in [0.4, 0.5) is 4.39 Å². The van der Waals surface area contributed by atoms with E-state index in [2.05, 4.69) is 5.32 Å². The fourth-order valence-electron chi connectivity index (χ4n) is 1.66. The van der Waals surface area contributed by atoms with Crippen molar-refractivity contribution in [1.82, 2.24) is 5.32 Å². The molecule has 2 N–H and O–H groups in total. The summed E-state index contributed by atoms with van der Waals surface area (Å²) in [5.74, 6) is -0.524. The number of aliphatic hydroxyl groups excluding tert-OH is 1. The lowest BCUT2D eigenvalue weighted by Gasteiger charge is -2.14. The first-order chi connectivity index (χ1) is 7.99. The highest BCUT2D eigenvalue weighted by Gasteiger charge is 2.10. The van der Waals surface area contributed by atoms with Gasteiger partial charge in [0.1, 0.15) is 5.82 Å². The zero-order valence-electron chi connectivity index (χ0n) is 10.1. The van der Waals surface area contributed by atoms with Crippen molar-refractivity contribution in [2.45, 2.75) is 26.4 Å². The zero-order valence-corrected chi connectivity index (χ0v) is 10.1. The molecule has 0 spiro atoms. The molecule has 1 aromatic rings. The van der Waals surface area contributed by atoms with Gasteiger partial charge in [0.15, 0.2) is 0 Å². The van der Waals surface area contributed by atoms with Crippen molar-refractivity contribution < 1.29 is 14.3 Å². The highest BCUT2D eigenvalue weighted by Crippen LogP contribution is 2.06. The molecule has 2 atom stereocenters. The number of nitrogens with one attached hydrogen (secondary N) is 1. The molecule has 0 fully saturated rings. The zero-order chi connectivity index (χ0) is 12.8. The third-order valence-electron chi connectivity index (χ3n) is 2.44. The van der Waals surface area contributed by atoms with Crippen LogP contribution in [0, 0.1) is 11.7 Å². The number of hydrogen-bond donors (Lipinski definition) is 2. The molecule has 0 aliphatic rings. The van der Waals surface area contributed by atoms with Gasteiger partial charge in [0, 0.05) is 12.1 Å². The molecule has 2 unspecified atom stereocenters. The molecule has 3 nitrogen and oxygen atoms in total. The average molecular weight is 239 g/mol. The van der Waals surface area contributed by atoms with Gasteiger partial charge in [-0.15, -0.1) is 0 Å². The van der Waals surface area contributed by atoms with Crippen LogP contribution in [0.5, 0.6) is 0 Å². The maximum atomic E-state index is 12.9. The number of carbonyl (C=O) groups is 1. The summed E-state index contributed by atoms with van der Waals surface area (Å²) in [5.41, 5.74) is 0.314. The fraction of sp³-hybridized carbons (Fsp3) is 0.462. The van der Waals surface area contributed by atoms with Crippen molar-refractivity contribution in [2.75, 3.05) is 6.54 Å². The molecule has 0 radical (unpaired) electrons. The summed E-state index contributed by atoms with van der Waals surface area (Å²) in [4.78, 5) is 11.6. The van der Waals surface area contributed by atoms with Crippen LogP contribution in [0.2, 0.25) is 0 Å². The molecule has 17 heavy (non-hydrogen) atoms. The van der Waals surface area contributed by atoms with Gasteiger partial charge in [0.25, 0.3) is 5.91 Å². The number of aliphatic hydroxyl groups is 1. The molecular formula is C13H18FNO2. The van der Waals surface area contributed by atoms with Gasteiger partial charge in [0.05, 0.1) is 6.10 Å². The summed E-state index contributed by atoms with van der Waals surface area (Å²) < 4.78 is 12.9. The van der Waals surface area contributed by atoms with Crippen LogP contribution in [-0.4, -0.2) is 23.7 Å². The van der Waals surface area contributed by atoms with E-state index in [0.29, 0.717) is 18.5 Å². The van der Waals surface area contributed by atoms with E-state index in [1.54, 1.807) is 13.0 Å². The second kappa shape index (κ2) is 6.35. The van der Waals surface area contributed by atoms with Crippen molar-refractivity contribution in [2.24, 2.45) is 5.92 Å². The Bertz CT molecular complexity index is 379. The Labute approximate surface area is 101 Å². The lowest BCUT2D eigenvalue weighted by molar-refractivity contribution is 0.0939. The smallest absolute Gasteiger partial charge is 0.251 e. The molecule has 0 aliphatic carbocycles. The number of rotatable bonds is 5. The molecule has 0 saturated heterocycles.